The third-order valence-electron chi connectivity index (χ3n) is 1.83. The van der Waals surface area contributed by atoms with Gasteiger partial charge in [0.2, 0.25) is 0 Å². The van der Waals surface area contributed by atoms with Gasteiger partial charge in [0.25, 0.3) is 0 Å². The number of amides is 2. The zero-order valence-corrected chi connectivity index (χ0v) is 10.4. The topological polar surface area (TPSA) is 61.4 Å². The van der Waals surface area contributed by atoms with Crippen molar-refractivity contribution >= 4 is 6.03 Å². The number of aliphatic hydroxyl groups is 1. The molecule has 2 amide bonds. The summed E-state index contributed by atoms with van der Waals surface area (Å²) >= 11 is 0. The summed E-state index contributed by atoms with van der Waals surface area (Å²) in [5.74, 6) is 0. The maximum atomic E-state index is 11.4. The van der Waals surface area contributed by atoms with Gasteiger partial charge in [-0.15, -0.1) is 0 Å². The van der Waals surface area contributed by atoms with Crippen LogP contribution in [-0.2, 0) is 0 Å². The first-order valence-electron chi connectivity index (χ1n) is 5.42. The van der Waals surface area contributed by atoms with Gasteiger partial charge in [0.05, 0.1) is 12.6 Å². The van der Waals surface area contributed by atoms with Crippen LogP contribution >= 0.6 is 0 Å². The van der Waals surface area contributed by atoms with Crippen LogP contribution in [0.2, 0.25) is 0 Å². The lowest BCUT2D eigenvalue weighted by Gasteiger charge is -2.25. The van der Waals surface area contributed by atoms with E-state index in [1.807, 2.05) is 13.8 Å². The summed E-state index contributed by atoms with van der Waals surface area (Å²) in [5.41, 5.74) is 0.0957. The Morgan fingerprint density at radius 2 is 1.80 bits per heavy atom. The average molecular weight is 216 g/mol. The molecule has 4 nitrogen and oxygen atoms in total. The number of aliphatic hydroxyl groups excluding tert-OH is 1. The van der Waals surface area contributed by atoms with Crippen molar-refractivity contribution in [1.82, 2.24) is 10.6 Å². The summed E-state index contributed by atoms with van der Waals surface area (Å²) in [6, 6.07) is -0.281. The lowest BCUT2D eigenvalue weighted by Crippen LogP contribution is -2.47. The highest BCUT2D eigenvalue weighted by Gasteiger charge is 2.19. The normalized spacial score (nSPS) is 13.8. The molecule has 1 atom stereocenters. The predicted octanol–water partition coefficient (Wildman–Crippen LogP) is 1.49. The maximum Gasteiger partial charge on any atom is 0.315 e. The van der Waals surface area contributed by atoms with Crippen molar-refractivity contribution in [2.24, 2.45) is 5.41 Å². The fourth-order valence-corrected chi connectivity index (χ4v) is 1.39. The number of carbonyl (C=O) groups is 1. The van der Waals surface area contributed by atoms with Crippen LogP contribution in [0.4, 0.5) is 4.79 Å². The van der Waals surface area contributed by atoms with Crippen LogP contribution < -0.4 is 10.6 Å². The molecule has 0 aliphatic rings. The molecule has 90 valence electrons. The van der Waals surface area contributed by atoms with Gasteiger partial charge >= 0.3 is 6.03 Å². The molecule has 15 heavy (non-hydrogen) atoms. The second-order valence-corrected chi connectivity index (χ2v) is 5.42. The average Bonchev–Trinajstić information content (AvgIpc) is 1.98. The molecule has 0 aromatic carbocycles. The van der Waals surface area contributed by atoms with Gasteiger partial charge < -0.3 is 15.7 Å². The molecule has 0 saturated carbocycles. The molecule has 0 heterocycles. The molecule has 1 unspecified atom stereocenters. The zero-order valence-electron chi connectivity index (χ0n) is 10.4. The highest BCUT2D eigenvalue weighted by atomic mass is 16.3. The summed E-state index contributed by atoms with van der Waals surface area (Å²) in [4.78, 5) is 11.4. The Morgan fingerprint density at radius 1 is 1.27 bits per heavy atom. The van der Waals surface area contributed by atoms with Crippen LogP contribution in [-0.4, -0.2) is 29.8 Å². The number of hydrogen-bond acceptors (Lipinski definition) is 2. The van der Waals surface area contributed by atoms with E-state index in [4.69, 9.17) is 5.11 Å². The van der Waals surface area contributed by atoms with E-state index in [1.54, 1.807) is 0 Å². The number of rotatable bonds is 4. The second kappa shape index (κ2) is 5.95. The Hall–Kier alpha value is -0.770. The van der Waals surface area contributed by atoms with Crippen molar-refractivity contribution in [3.8, 4) is 0 Å². The Morgan fingerprint density at radius 3 is 2.13 bits per heavy atom. The van der Waals surface area contributed by atoms with Crippen molar-refractivity contribution in [1.29, 1.82) is 0 Å². The minimum atomic E-state index is -0.215. The molecule has 0 fully saturated rings. The van der Waals surface area contributed by atoms with E-state index in [0.29, 0.717) is 0 Å². The summed E-state index contributed by atoms with van der Waals surface area (Å²) in [7, 11) is 0. The quantitative estimate of drug-likeness (QED) is 0.667. The van der Waals surface area contributed by atoms with Crippen LogP contribution in [0.15, 0.2) is 0 Å². The lowest BCUT2D eigenvalue weighted by atomic mass is 9.88. The van der Waals surface area contributed by atoms with E-state index in [0.717, 1.165) is 6.42 Å². The van der Waals surface area contributed by atoms with Gasteiger partial charge in [-0.05, 0) is 25.7 Å². The number of nitrogens with one attached hydrogen (secondary N) is 2. The van der Waals surface area contributed by atoms with E-state index in [-0.39, 0.29) is 30.1 Å². The Labute approximate surface area is 92.4 Å². The SMILES string of the molecule is CC(C)NC(=O)NC(CO)CC(C)(C)C. The molecule has 0 radical (unpaired) electrons. The Kier molecular flexibility index (Phi) is 5.65. The van der Waals surface area contributed by atoms with E-state index < -0.39 is 0 Å². The van der Waals surface area contributed by atoms with Crippen molar-refractivity contribution in [3.05, 3.63) is 0 Å². The van der Waals surface area contributed by atoms with Crippen LogP contribution in [0.25, 0.3) is 0 Å². The van der Waals surface area contributed by atoms with Gasteiger partial charge in [-0.1, -0.05) is 20.8 Å². The first-order chi connectivity index (χ1) is 6.74. The van der Waals surface area contributed by atoms with Crippen molar-refractivity contribution in [2.75, 3.05) is 6.61 Å². The van der Waals surface area contributed by atoms with Crippen LogP contribution in [0.3, 0.4) is 0 Å². The highest BCUT2D eigenvalue weighted by molar-refractivity contribution is 5.74. The van der Waals surface area contributed by atoms with Gasteiger partial charge in [0, 0.05) is 6.04 Å². The lowest BCUT2D eigenvalue weighted by molar-refractivity contribution is 0.190. The van der Waals surface area contributed by atoms with E-state index >= 15 is 0 Å². The molecule has 0 saturated heterocycles. The maximum absolute atomic E-state index is 11.4. The fraction of sp³-hybridized carbons (Fsp3) is 0.909. The predicted molar refractivity (Wildman–Crippen MR) is 61.7 cm³/mol. The monoisotopic (exact) mass is 216 g/mol. The molecule has 0 rings (SSSR count). The summed E-state index contributed by atoms with van der Waals surface area (Å²) in [6.07, 6.45) is 0.759. The van der Waals surface area contributed by atoms with Crippen LogP contribution in [0, 0.1) is 5.41 Å². The molecular formula is C11H24N2O2. The number of urea groups is 1. The zero-order chi connectivity index (χ0) is 12.1. The minimum absolute atomic E-state index is 0.0250. The molecule has 3 N–H and O–H groups in total. The number of carbonyl (C=O) groups excluding carboxylic acids is 1. The summed E-state index contributed by atoms with van der Waals surface area (Å²) in [6.45, 7) is 10.0. The molecule has 0 spiro atoms. The van der Waals surface area contributed by atoms with E-state index in [1.165, 1.54) is 0 Å². The first kappa shape index (κ1) is 14.2. The van der Waals surface area contributed by atoms with Gasteiger partial charge in [-0.25, -0.2) is 4.79 Å². The Bertz CT molecular complexity index is 197. The van der Waals surface area contributed by atoms with E-state index in [2.05, 4.69) is 31.4 Å². The Balaban J connectivity index is 4.04. The van der Waals surface area contributed by atoms with Crippen LogP contribution in [0.1, 0.15) is 41.0 Å². The smallest absolute Gasteiger partial charge is 0.315 e. The molecule has 4 heteroatoms. The number of hydrogen-bond donors (Lipinski definition) is 3. The van der Waals surface area contributed by atoms with E-state index in [9.17, 15) is 4.79 Å². The summed E-state index contributed by atoms with van der Waals surface area (Å²) in [5, 5.41) is 14.6. The van der Waals surface area contributed by atoms with Gasteiger partial charge in [0.1, 0.15) is 0 Å². The van der Waals surface area contributed by atoms with Crippen molar-refractivity contribution in [2.45, 2.75) is 53.1 Å². The largest absolute Gasteiger partial charge is 0.394 e. The highest BCUT2D eigenvalue weighted by Crippen LogP contribution is 2.20. The van der Waals surface area contributed by atoms with Crippen molar-refractivity contribution < 1.29 is 9.90 Å². The third kappa shape index (κ3) is 8.24. The second-order valence-electron chi connectivity index (χ2n) is 5.42. The molecule has 0 aliphatic heterocycles. The summed E-state index contributed by atoms with van der Waals surface area (Å²) < 4.78 is 0. The molecule has 0 aromatic heterocycles. The van der Waals surface area contributed by atoms with Gasteiger partial charge in [-0.2, -0.15) is 0 Å². The standard InChI is InChI=1S/C11H24N2O2/c1-8(2)12-10(15)13-9(7-14)6-11(3,4)5/h8-9,14H,6-7H2,1-5H3,(H2,12,13,15). The third-order valence-corrected chi connectivity index (χ3v) is 1.83. The van der Waals surface area contributed by atoms with Gasteiger partial charge in [-0.3, -0.25) is 0 Å². The molecule has 0 aliphatic carbocycles. The molecular weight excluding hydrogens is 192 g/mol. The van der Waals surface area contributed by atoms with Gasteiger partial charge in [0.15, 0.2) is 0 Å². The first-order valence-corrected chi connectivity index (χ1v) is 5.42. The molecule has 0 aromatic rings. The minimum Gasteiger partial charge on any atom is -0.394 e. The van der Waals surface area contributed by atoms with Crippen molar-refractivity contribution in [3.63, 3.8) is 0 Å². The molecule has 0 bridgehead atoms. The van der Waals surface area contributed by atoms with Crippen LogP contribution in [0.5, 0.6) is 0 Å². The fourth-order valence-electron chi connectivity index (χ4n) is 1.39.